The quantitative estimate of drug-likeness (QED) is 0.739. The van der Waals surface area contributed by atoms with E-state index >= 15 is 0 Å². The summed E-state index contributed by atoms with van der Waals surface area (Å²) in [5.74, 6) is -1.55. The van der Waals surface area contributed by atoms with Crippen molar-refractivity contribution in [3.05, 3.63) is 35.6 Å². The lowest BCUT2D eigenvalue weighted by atomic mass is 9.77. The Bertz CT molecular complexity index is 586. The van der Waals surface area contributed by atoms with Crippen molar-refractivity contribution in [2.75, 3.05) is 6.61 Å². The summed E-state index contributed by atoms with van der Waals surface area (Å²) in [7, 11) is -0.973. The second kappa shape index (κ2) is 4.48. The molecular formula is C14H15BF2O3. The molecule has 1 saturated heterocycles. The van der Waals surface area contributed by atoms with E-state index in [1.54, 1.807) is 19.9 Å². The molecule has 0 amide bonds. The van der Waals surface area contributed by atoms with Gasteiger partial charge in [-0.2, -0.15) is 4.39 Å². The highest BCUT2D eigenvalue weighted by Crippen LogP contribution is 2.33. The van der Waals surface area contributed by atoms with Crippen molar-refractivity contribution in [3.8, 4) is 5.75 Å². The van der Waals surface area contributed by atoms with E-state index in [1.807, 2.05) is 0 Å². The molecule has 3 rings (SSSR count). The number of hydrogen-bond acceptors (Lipinski definition) is 3. The average Bonchev–Trinajstić information content (AvgIpc) is 2.68. The third-order valence-electron chi connectivity index (χ3n) is 3.68. The van der Waals surface area contributed by atoms with Gasteiger partial charge in [0.2, 0.25) is 5.82 Å². The molecule has 3 nitrogen and oxygen atoms in total. The monoisotopic (exact) mass is 280 g/mol. The molecule has 1 fully saturated rings. The minimum atomic E-state index is -0.985. The summed E-state index contributed by atoms with van der Waals surface area (Å²) in [5.41, 5.74) is -0.0221. The predicted molar refractivity (Wildman–Crippen MR) is 71.0 cm³/mol. The van der Waals surface area contributed by atoms with Crippen LogP contribution in [0.1, 0.15) is 25.8 Å². The van der Waals surface area contributed by atoms with Crippen LogP contribution in [0.25, 0.3) is 0 Å². The minimum Gasteiger partial charge on any atom is -0.534 e. The van der Waals surface area contributed by atoms with Gasteiger partial charge in [0.15, 0.2) is 11.6 Å². The van der Waals surface area contributed by atoms with Crippen LogP contribution in [0.2, 0.25) is 0 Å². The van der Waals surface area contributed by atoms with E-state index in [0.29, 0.717) is 24.4 Å². The zero-order chi connectivity index (χ0) is 14.5. The molecule has 0 spiro atoms. The van der Waals surface area contributed by atoms with Crippen molar-refractivity contribution in [2.24, 2.45) is 0 Å². The van der Waals surface area contributed by atoms with Gasteiger partial charge in [0.1, 0.15) is 5.60 Å². The summed E-state index contributed by atoms with van der Waals surface area (Å²) < 4.78 is 44.5. The van der Waals surface area contributed by atoms with Crippen LogP contribution < -0.4 is 10.2 Å². The molecule has 20 heavy (non-hydrogen) atoms. The maximum absolute atomic E-state index is 14.2. The first-order valence-corrected chi connectivity index (χ1v) is 6.57. The fourth-order valence-corrected chi connectivity index (χ4v) is 2.39. The van der Waals surface area contributed by atoms with Gasteiger partial charge < -0.3 is 14.0 Å². The van der Waals surface area contributed by atoms with E-state index in [9.17, 15) is 8.78 Å². The van der Waals surface area contributed by atoms with Crippen LogP contribution in [0, 0.1) is 11.6 Å². The van der Waals surface area contributed by atoms with Crippen molar-refractivity contribution in [1.29, 1.82) is 0 Å². The Morgan fingerprint density at radius 1 is 1.30 bits per heavy atom. The van der Waals surface area contributed by atoms with Crippen LogP contribution in [0.3, 0.4) is 0 Å². The molecule has 2 heterocycles. The van der Waals surface area contributed by atoms with Gasteiger partial charge >= 0.3 is 7.12 Å². The SMILES string of the molecule is C=C1OB(c2cc3c(c(F)c2F)OCCC3)OC1(C)C. The Hall–Kier alpha value is -1.56. The van der Waals surface area contributed by atoms with E-state index in [1.165, 1.54) is 0 Å². The first-order valence-electron chi connectivity index (χ1n) is 6.57. The lowest BCUT2D eigenvalue weighted by molar-refractivity contribution is 0.172. The number of fused-ring (bicyclic) bond motifs is 1. The van der Waals surface area contributed by atoms with Gasteiger partial charge in [-0.05, 0) is 32.3 Å². The lowest BCUT2D eigenvalue weighted by Gasteiger charge is -2.20. The molecule has 2 aliphatic rings. The number of aryl methyl sites for hydroxylation is 1. The van der Waals surface area contributed by atoms with Crippen molar-refractivity contribution in [1.82, 2.24) is 0 Å². The Balaban J connectivity index is 2.03. The zero-order valence-corrected chi connectivity index (χ0v) is 11.5. The van der Waals surface area contributed by atoms with Gasteiger partial charge in [-0.3, -0.25) is 0 Å². The molecule has 0 bridgehead atoms. The van der Waals surface area contributed by atoms with E-state index in [2.05, 4.69) is 6.58 Å². The van der Waals surface area contributed by atoms with Crippen LogP contribution in [0.15, 0.2) is 18.4 Å². The smallest absolute Gasteiger partial charge is 0.534 e. The predicted octanol–water partition coefficient (Wildman–Crippen LogP) is 2.32. The highest BCUT2D eigenvalue weighted by molar-refractivity contribution is 6.62. The molecule has 0 atom stereocenters. The first kappa shape index (κ1) is 13.4. The lowest BCUT2D eigenvalue weighted by Crippen LogP contribution is -2.38. The molecule has 0 aliphatic carbocycles. The second-order valence-corrected chi connectivity index (χ2v) is 5.54. The summed E-state index contributed by atoms with van der Waals surface area (Å²) in [4.78, 5) is 0. The Morgan fingerprint density at radius 2 is 2.05 bits per heavy atom. The van der Waals surface area contributed by atoms with Gasteiger partial charge in [0.05, 0.1) is 12.4 Å². The van der Waals surface area contributed by atoms with E-state index in [0.717, 1.165) is 6.42 Å². The molecule has 0 radical (unpaired) electrons. The van der Waals surface area contributed by atoms with Crippen LogP contribution in [-0.2, 0) is 15.7 Å². The van der Waals surface area contributed by atoms with Crippen LogP contribution in [0.5, 0.6) is 5.75 Å². The molecule has 0 unspecified atom stereocenters. The van der Waals surface area contributed by atoms with Crippen LogP contribution in [0.4, 0.5) is 8.78 Å². The van der Waals surface area contributed by atoms with Crippen LogP contribution >= 0.6 is 0 Å². The third kappa shape index (κ3) is 1.99. The number of halogens is 2. The molecule has 106 valence electrons. The van der Waals surface area contributed by atoms with Crippen molar-refractivity contribution < 1.29 is 22.8 Å². The number of benzene rings is 1. The Morgan fingerprint density at radius 3 is 2.70 bits per heavy atom. The largest absolute Gasteiger partial charge is 0.566 e. The van der Waals surface area contributed by atoms with Crippen molar-refractivity contribution >= 4 is 12.6 Å². The van der Waals surface area contributed by atoms with E-state index < -0.39 is 24.4 Å². The Kier molecular flexibility index (Phi) is 3.01. The summed E-state index contributed by atoms with van der Waals surface area (Å²) in [5, 5.41) is 0. The molecule has 1 aromatic carbocycles. The fourth-order valence-electron chi connectivity index (χ4n) is 2.39. The maximum atomic E-state index is 14.2. The van der Waals surface area contributed by atoms with Gasteiger partial charge in [-0.15, -0.1) is 0 Å². The molecular weight excluding hydrogens is 265 g/mol. The van der Waals surface area contributed by atoms with Gasteiger partial charge in [-0.1, -0.05) is 12.6 Å². The molecule has 6 heteroatoms. The standard InChI is InChI=1S/C14H15BF2O3/c1-8-14(2,3)20-15(19-8)10-7-9-5-4-6-18-13(9)12(17)11(10)16/h7H,1,4-6H2,2-3H3. The average molecular weight is 280 g/mol. The molecule has 0 saturated carbocycles. The fraction of sp³-hybridized carbons (Fsp3) is 0.429. The molecule has 1 aromatic rings. The molecule has 0 aromatic heterocycles. The summed E-state index contributed by atoms with van der Waals surface area (Å²) >= 11 is 0. The normalized spacial score (nSPS) is 20.4. The summed E-state index contributed by atoms with van der Waals surface area (Å²) in [6.07, 6.45) is 1.43. The van der Waals surface area contributed by atoms with Gasteiger partial charge in [0, 0.05) is 5.46 Å². The first-order chi connectivity index (χ1) is 9.40. The second-order valence-electron chi connectivity index (χ2n) is 5.54. The minimum absolute atomic E-state index is 0.00795. The summed E-state index contributed by atoms with van der Waals surface area (Å²) in [6, 6.07) is 1.56. The number of hydrogen-bond donors (Lipinski definition) is 0. The summed E-state index contributed by atoms with van der Waals surface area (Å²) in [6.45, 7) is 7.68. The number of rotatable bonds is 1. The molecule has 0 N–H and O–H groups in total. The van der Waals surface area contributed by atoms with Crippen molar-refractivity contribution in [2.45, 2.75) is 32.3 Å². The highest BCUT2D eigenvalue weighted by Gasteiger charge is 2.45. The van der Waals surface area contributed by atoms with Crippen LogP contribution in [-0.4, -0.2) is 19.3 Å². The van der Waals surface area contributed by atoms with Crippen molar-refractivity contribution in [3.63, 3.8) is 0 Å². The third-order valence-corrected chi connectivity index (χ3v) is 3.68. The van der Waals surface area contributed by atoms with Gasteiger partial charge in [0.25, 0.3) is 0 Å². The number of ether oxygens (including phenoxy) is 1. The topological polar surface area (TPSA) is 27.7 Å². The van der Waals surface area contributed by atoms with E-state index in [-0.39, 0.29) is 11.2 Å². The van der Waals surface area contributed by atoms with E-state index in [4.69, 9.17) is 14.0 Å². The van der Waals surface area contributed by atoms with Gasteiger partial charge in [-0.25, -0.2) is 4.39 Å². The Labute approximate surface area is 116 Å². The zero-order valence-electron chi connectivity index (χ0n) is 11.5. The maximum Gasteiger partial charge on any atom is 0.566 e. The highest BCUT2D eigenvalue weighted by atomic mass is 19.2. The molecule has 2 aliphatic heterocycles.